The summed E-state index contributed by atoms with van der Waals surface area (Å²) in [5.74, 6) is 1.35. The predicted molar refractivity (Wildman–Crippen MR) is 79.2 cm³/mol. The van der Waals surface area contributed by atoms with Crippen LogP contribution in [0.15, 0.2) is 41.6 Å². The van der Waals surface area contributed by atoms with Crippen LogP contribution in [0.5, 0.6) is 5.75 Å². The molecule has 0 bridgehead atoms. The summed E-state index contributed by atoms with van der Waals surface area (Å²) in [7, 11) is -1.17. The zero-order valence-electron chi connectivity index (χ0n) is 11.2. The smallest absolute Gasteiger partial charge is 0.123 e. The zero-order valence-corrected chi connectivity index (χ0v) is 12.0. The zero-order chi connectivity index (χ0) is 14.1. The number of nitrogen functional groups attached to an aromatic ring is 1. The second-order valence-corrected chi connectivity index (χ2v) is 6.45. The summed E-state index contributed by atoms with van der Waals surface area (Å²) >= 11 is 0. The van der Waals surface area contributed by atoms with Crippen molar-refractivity contribution >= 4 is 16.5 Å². The number of aromatic nitrogens is 1. The number of pyridine rings is 1. The first kappa shape index (κ1) is 13.1. The number of rotatable bonds is 3. The Labute approximate surface area is 120 Å². The van der Waals surface area contributed by atoms with Crippen LogP contribution < -0.4 is 10.5 Å². The third-order valence-corrected chi connectivity index (χ3v) is 4.89. The number of fused-ring (bicyclic) bond motifs is 1. The van der Waals surface area contributed by atoms with Gasteiger partial charge in [0, 0.05) is 12.6 Å². The molecule has 2 aromatic rings. The summed E-state index contributed by atoms with van der Waals surface area (Å²) in [5.41, 5.74) is 8.68. The molecule has 0 saturated carbocycles. The van der Waals surface area contributed by atoms with Crippen molar-refractivity contribution in [3.63, 3.8) is 0 Å². The number of hydrogen-bond donors (Lipinski definition) is 1. The quantitative estimate of drug-likeness (QED) is 0.939. The van der Waals surface area contributed by atoms with E-state index in [1.165, 1.54) is 17.3 Å². The lowest BCUT2D eigenvalue weighted by Crippen LogP contribution is -2.22. The monoisotopic (exact) mass is 288 g/mol. The maximum absolute atomic E-state index is 12.4. The van der Waals surface area contributed by atoms with E-state index < -0.39 is 10.8 Å². The Morgan fingerprint density at radius 2 is 2.30 bits per heavy atom. The molecule has 2 heterocycles. The Morgan fingerprint density at radius 1 is 1.45 bits per heavy atom. The highest BCUT2D eigenvalue weighted by Gasteiger charge is 2.25. The number of hydrogen-bond acceptors (Lipinski definition) is 4. The van der Waals surface area contributed by atoms with Crippen LogP contribution in [-0.2, 0) is 17.2 Å². The molecule has 0 aliphatic carbocycles. The summed E-state index contributed by atoms with van der Waals surface area (Å²) in [6, 6.07) is 7.84. The Hall–Kier alpha value is -1.88. The van der Waals surface area contributed by atoms with Gasteiger partial charge in [-0.3, -0.25) is 9.19 Å². The Balaban J connectivity index is 1.72. The number of aryl methyl sites for hydroxylation is 1. The van der Waals surface area contributed by atoms with Crippen molar-refractivity contribution in [3.8, 4) is 5.75 Å². The van der Waals surface area contributed by atoms with Gasteiger partial charge >= 0.3 is 0 Å². The van der Waals surface area contributed by atoms with Crippen LogP contribution in [-0.4, -0.2) is 21.0 Å². The molecular weight excluding hydrogens is 272 g/mol. The molecule has 0 radical (unpaired) electrons. The SMILES string of the molecule is Cc1ccc2c(c1)CC(CS(=O)c1ccncc1N)O2. The van der Waals surface area contributed by atoms with Crippen molar-refractivity contribution in [2.75, 3.05) is 11.5 Å². The lowest BCUT2D eigenvalue weighted by atomic mass is 10.1. The number of ether oxygens (including phenoxy) is 1. The summed E-state index contributed by atoms with van der Waals surface area (Å²) in [4.78, 5) is 4.55. The van der Waals surface area contributed by atoms with Gasteiger partial charge < -0.3 is 10.5 Å². The average molecular weight is 288 g/mol. The third kappa shape index (κ3) is 2.54. The number of benzene rings is 1. The molecule has 20 heavy (non-hydrogen) atoms. The van der Waals surface area contributed by atoms with Gasteiger partial charge in [-0.15, -0.1) is 0 Å². The Bertz CT molecular complexity index is 673. The molecule has 2 atom stereocenters. The molecule has 0 fully saturated rings. The highest BCUT2D eigenvalue weighted by atomic mass is 32.2. The van der Waals surface area contributed by atoms with Crippen molar-refractivity contribution in [3.05, 3.63) is 47.8 Å². The van der Waals surface area contributed by atoms with E-state index in [9.17, 15) is 4.21 Å². The first-order valence-corrected chi connectivity index (χ1v) is 7.79. The fourth-order valence-electron chi connectivity index (χ4n) is 2.40. The van der Waals surface area contributed by atoms with E-state index in [1.54, 1.807) is 12.3 Å². The van der Waals surface area contributed by atoms with Gasteiger partial charge in [-0.25, -0.2) is 0 Å². The molecule has 1 aromatic heterocycles. The minimum atomic E-state index is -1.17. The maximum Gasteiger partial charge on any atom is 0.123 e. The minimum absolute atomic E-state index is 0.0554. The number of nitrogens with two attached hydrogens (primary N) is 1. The van der Waals surface area contributed by atoms with Crippen molar-refractivity contribution in [2.45, 2.75) is 24.3 Å². The van der Waals surface area contributed by atoms with E-state index in [1.807, 2.05) is 12.1 Å². The summed E-state index contributed by atoms with van der Waals surface area (Å²) in [6.07, 6.45) is 3.88. The van der Waals surface area contributed by atoms with Crippen LogP contribution in [0.2, 0.25) is 0 Å². The second-order valence-electron chi connectivity index (χ2n) is 4.98. The third-order valence-electron chi connectivity index (χ3n) is 3.35. The molecule has 2 N–H and O–H groups in total. The van der Waals surface area contributed by atoms with Gasteiger partial charge in [-0.05, 0) is 24.6 Å². The molecule has 2 unspecified atom stereocenters. The van der Waals surface area contributed by atoms with Crippen LogP contribution in [0.3, 0.4) is 0 Å². The highest BCUT2D eigenvalue weighted by molar-refractivity contribution is 7.85. The van der Waals surface area contributed by atoms with Crippen LogP contribution in [0.25, 0.3) is 0 Å². The normalized spacial score (nSPS) is 18.4. The first-order chi connectivity index (χ1) is 9.63. The largest absolute Gasteiger partial charge is 0.489 e. The molecule has 1 aliphatic heterocycles. The molecule has 0 saturated heterocycles. The standard InChI is InChI=1S/C15H16N2O2S/c1-10-2-3-14-11(6-10)7-12(19-14)9-20(18)15-4-5-17-8-13(15)16/h2-6,8,12H,7,9,16H2,1H3. The predicted octanol–water partition coefficient (Wildman–Crippen LogP) is 2.08. The highest BCUT2D eigenvalue weighted by Crippen LogP contribution is 2.30. The molecule has 0 spiro atoms. The minimum Gasteiger partial charge on any atom is -0.489 e. The molecule has 3 rings (SSSR count). The van der Waals surface area contributed by atoms with Gasteiger partial charge in [0.25, 0.3) is 0 Å². The number of nitrogens with zero attached hydrogens (tertiary/aromatic N) is 1. The Morgan fingerprint density at radius 3 is 3.10 bits per heavy atom. The lowest BCUT2D eigenvalue weighted by molar-refractivity contribution is 0.258. The summed E-state index contributed by atoms with van der Waals surface area (Å²) in [5, 5.41) is 0. The Kier molecular flexibility index (Phi) is 3.44. The van der Waals surface area contributed by atoms with E-state index in [0.717, 1.165) is 12.2 Å². The van der Waals surface area contributed by atoms with Crippen LogP contribution in [0.4, 0.5) is 5.69 Å². The van der Waals surface area contributed by atoms with Gasteiger partial charge in [0.2, 0.25) is 0 Å². The van der Waals surface area contributed by atoms with Crippen molar-refractivity contribution in [1.29, 1.82) is 0 Å². The van der Waals surface area contributed by atoms with Crippen molar-refractivity contribution < 1.29 is 8.95 Å². The molecular formula is C15H16N2O2S. The van der Waals surface area contributed by atoms with E-state index >= 15 is 0 Å². The van der Waals surface area contributed by atoms with E-state index in [0.29, 0.717) is 16.3 Å². The van der Waals surface area contributed by atoms with Crippen molar-refractivity contribution in [2.24, 2.45) is 0 Å². The molecule has 1 aliphatic rings. The molecule has 104 valence electrons. The van der Waals surface area contributed by atoms with Crippen molar-refractivity contribution in [1.82, 2.24) is 4.98 Å². The molecule has 4 nitrogen and oxygen atoms in total. The summed E-state index contributed by atoms with van der Waals surface area (Å²) in [6.45, 7) is 2.06. The van der Waals surface area contributed by atoms with Gasteiger partial charge in [-0.2, -0.15) is 0 Å². The van der Waals surface area contributed by atoms with E-state index in [2.05, 4.69) is 18.0 Å². The fourth-order valence-corrected chi connectivity index (χ4v) is 3.63. The maximum atomic E-state index is 12.4. The van der Waals surface area contributed by atoms with Gasteiger partial charge in [0.1, 0.15) is 11.9 Å². The summed E-state index contributed by atoms with van der Waals surface area (Å²) < 4.78 is 18.2. The fraction of sp³-hybridized carbons (Fsp3) is 0.267. The first-order valence-electron chi connectivity index (χ1n) is 6.47. The van der Waals surface area contributed by atoms with Crippen LogP contribution in [0.1, 0.15) is 11.1 Å². The molecule has 1 aromatic carbocycles. The van der Waals surface area contributed by atoms with Gasteiger partial charge in [0.05, 0.1) is 33.3 Å². The lowest BCUT2D eigenvalue weighted by Gasteiger charge is -2.11. The molecule has 0 amide bonds. The van der Waals surface area contributed by atoms with Crippen LogP contribution >= 0.6 is 0 Å². The van der Waals surface area contributed by atoms with E-state index in [-0.39, 0.29) is 6.10 Å². The topological polar surface area (TPSA) is 65.2 Å². The second kappa shape index (κ2) is 5.25. The average Bonchev–Trinajstić information content (AvgIpc) is 2.80. The number of anilines is 1. The van der Waals surface area contributed by atoms with Crippen LogP contribution in [0, 0.1) is 6.92 Å². The molecule has 5 heteroatoms. The van der Waals surface area contributed by atoms with Gasteiger partial charge in [-0.1, -0.05) is 17.7 Å². The van der Waals surface area contributed by atoms with Gasteiger partial charge in [0.15, 0.2) is 0 Å². The van der Waals surface area contributed by atoms with E-state index in [4.69, 9.17) is 10.5 Å².